The predicted molar refractivity (Wildman–Crippen MR) is 74.6 cm³/mol. The van der Waals surface area contributed by atoms with Crippen LogP contribution in [0.25, 0.3) is 0 Å². The van der Waals surface area contributed by atoms with E-state index in [1.54, 1.807) is 13.0 Å². The van der Waals surface area contributed by atoms with Crippen molar-refractivity contribution >= 4 is 21.6 Å². The summed E-state index contributed by atoms with van der Waals surface area (Å²) in [6.45, 7) is 1.55. The first-order valence-corrected chi connectivity index (χ1v) is 7.79. The molecule has 6 nitrogen and oxygen atoms in total. The highest BCUT2D eigenvalue weighted by Crippen LogP contribution is 2.24. The minimum Gasteiger partial charge on any atom is -0.360 e. The zero-order valence-electron chi connectivity index (χ0n) is 11.1. The van der Waals surface area contributed by atoms with Gasteiger partial charge in [0, 0.05) is 12.6 Å². The first-order chi connectivity index (χ1) is 9.83. The van der Waals surface area contributed by atoms with E-state index in [4.69, 9.17) is 21.9 Å². The molecule has 0 saturated carbocycles. The molecule has 0 aliphatic heterocycles. The molecule has 0 radical (unpaired) electrons. The van der Waals surface area contributed by atoms with Crippen LogP contribution < -0.4 is 10.5 Å². The molecule has 21 heavy (non-hydrogen) atoms. The van der Waals surface area contributed by atoms with Gasteiger partial charge in [-0.25, -0.2) is 17.5 Å². The Morgan fingerprint density at radius 1 is 1.43 bits per heavy atom. The highest BCUT2D eigenvalue weighted by molar-refractivity contribution is 7.89. The summed E-state index contributed by atoms with van der Waals surface area (Å²) in [6, 6.07) is 3.67. The number of aryl methyl sites for hydroxylation is 1. The molecule has 2 rings (SSSR count). The van der Waals surface area contributed by atoms with Crippen LogP contribution in [0.15, 0.2) is 27.6 Å². The van der Waals surface area contributed by atoms with Crippen LogP contribution in [0.2, 0.25) is 5.02 Å². The van der Waals surface area contributed by atoms with Crippen LogP contribution in [-0.2, 0) is 23.1 Å². The second-order valence-electron chi connectivity index (χ2n) is 4.34. The molecular weight excluding hydrogens is 321 g/mol. The van der Waals surface area contributed by atoms with E-state index in [2.05, 4.69) is 9.88 Å². The average molecular weight is 334 g/mol. The number of nitrogens with zero attached hydrogens (tertiary/aromatic N) is 1. The lowest BCUT2D eigenvalue weighted by molar-refractivity contribution is 0.377. The van der Waals surface area contributed by atoms with Crippen molar-refractivity contribution in [1.82, 2.24) is 9.88 Å². The van der Waals surface area contributed by atoms with E-state index in [0.717, 1.165) is 6.07 Å². The Balaban J connectivity index is 2.25. The third kappa shape index (κ3) is 3.59. The zero-order chi connectivity index (χ0) is 15.6. The number of aromatic nitrogens is 1. The van der Waals surface area contributed by atoms with Crippen LogP contribution in [0.3, 0.4) is 0 Å². The van der Waals surface area contributed by atoms with E-state index in [-0.39, 0.29) is 28.6 Å². The van der Waals surface area contributed by atoms with Gasteiger partial charge in [0.15, 0.2) is 5.76 Å². The van der Waals surface area contributed by atoms with Crippen LogP contribution in [0.1, 0.15) is 17.0 Å². The summed E-state index contributed by atoms with van der Waals surface area (Å²) in [4.78, 5) is -0.249. The number of hydrogen-bond donors (Lipinski definition) is 2. The van der Waals surface area contributed by atoms with Gasteiger partial charge < -0.3 is 10.3 Å². The van der Waals surface area contributed by atoms with Gasteiger partial charge in [0.05, 0.1) is 22.2 Å². The van der Waals surface area contributed by atoms with Crippen LogP contribution in [0, 0.1) is 12.7 Å². The number of rotatable bonds is 5. The molecule has 0 bridgehead atoms. The lowest BCUT2D eigenvalue weighted by Crippen LogP contribution is -2.23. The van der Waals surface area contributed by atoms with Crippen LogP contribution in [0.4, 0.5) is 4.39 Å². The minimum absolute atomic E-state index is 0.0690. The summed E-state index contributed by atoms with van der Waals surface area (Å²) >= 11 is 5.70. The number of hydrogen-bond acceptors (Lipinski definition) is 5. The predicted octanol–water partition coefficient (Wildman–Crippen LogP) is 1.71. The number of benzene rings is 1. The van der Waals surface area contributed by atoms with Gasteiger partial charge in [-0.3, -0.25) is 0 Å². The molecule has 1 aromatic heterocycles. The molecule has 0 spiro atoms. The molecule has 0 aliphatic rings. The highest BCUT2D eigenvalue weighted by atomic mass is 35.5. The van der Waals surface area contributed by atoms with Gasteiger partial charge in [0.1, 0.15) is 5.82 Å². The molecule has 9 heteroatoms. The Labute approximate surface area is 126 Å². The average Bonchev–Trinajstić information content (AvgIpc) is 2.85. The topological polar surface area (TPSA) is 98.2 Å². The first kappa shape index (κ1) is 15.9. The van der Waals surface area contributed by atoms with Crippen molar-refractivity contribution in [1.29, 1.82) is 0 Å². The van der Waals surface area contributed by atoms with E-state index < -0.39 is 15.8 Å². The molecular formula is C12H13ClFN3O3S. The monoisotopic (exact) mass is 333 g/mol. The molecule has 0 amide bonds. The Hall–Kier alpha value is -1.48. The summed E-state index contributed by atoms with van der Waals surface area (Å²) in [7, 11) is -3.91. The quantitative estimate of drug-likeness (QED) is 0.868. The first-order valence-electron chi connectivity index (χ1n) is 5.93. The fourth-order valence-corrected chi connectivity index (χ4v) is 2.91. The number of halogens is 2. The van der Waals surface area contributed by atoms with E-state index in [1.165, 1.54) is 6.07 Å². The molecule has 1 aromatic carbocycles. The van der Waals surface area contributed by atoms with E-state index in [9.17, 15) is 12.8 Å². The van der Waals surface area contributed by atoms with Crippen molar-refractivity contribution in [2.45, 2.75) is 24.9 Å². The number of nitrogens with two attached hydrogens (primary N) is 1. The van der Waals surface area contributed by atoms with Gasteiger partial charge in [-0.15, -0.1) is 0 Å². The van der Waals surface area contributed by atoms with Gasteiger partial charge in [-0.05, 0) is 24.6 Å². The standard InChI is InChI=1S/C12H13ClFN3O3S/c1-7-2-9(20-17-7)6-16-21(18,19)10-3-8(5-15)12(13)11(14)4-10/h2-4,16H,5-6,15H2,1H3. The summed E-state index contributed by atoms with van der Waals surface area (Å²) in [5, 5.41) is 3.46. The highest BCUT2D eigenvalue weighted by Gasteiger charge is 2.19. The molecule has 0 unspecified atom stereocenters. The molecule has 0 saturated heterocycles. The Morgan fingerprint density at radius 2 is 2.14 bits per heavy atom. The second-order valence-corrected chi connectivity index (χ2v) is 6.49. The van der Waals surface area contributed by atoms with E-state index in [1.807, 2.05) is 0 Å². The third-order valence-electron chi connectivity index (χ3n) is 2.72. The molecule has 2 aromatic rings. The van der Waals surface area contributed by atoms with Crippen molar-refractivity contribution in [2.24, 2.45) is 5.73 Å². The number of nitrogens with one attached hydrogen (secondary N) is 1. The van der Waals surface area contributed by atoms with Crippen LogP contribution in [0.5, 0.6) is 0 Å². The summed E-state index contributed by atoms with van der Waals surface area (Å²) in [5.41, 5.74) is 6.26. The third-order valence-corrected chi connectivity index (χ3v) is 4.52. The lowest BCUT2D eigenvalue weighted by Gasteiger charge is -2.09. The van der Waals surface area contributed by atoms with Gasteiger partial charge in [0.25, 0.3) is 0 Å². The Bertz CT molecular complexity index is 761. The van der Waals surface area contributed by atoms with Crippen molar-refractivity contribution in [2.75, 3.05) is 0 Å². The fourth-order valence-electron chi connectivity index (χ4n) is 1.67. The van der Waals surface area contributed by atoms with Crippen molar-refractivity contribution in [3.05, 3.63) is 46.1 Å². The van der Waals surface area contributed by atoms with E-state index in [0.29, 0.717) is 11.5 Å². The summed E-state index contributed by atoms with van der Waals surface area (Å²) in [6.07, 6.45) is 0. The molecule has 3 N–H and O–H groups in total. The molecule has 0 aliphatic carbocycles. The SMILES string of the molecule is Cc1cc(CNS(=O)(=O)c2cc(F)c(Cl)c(CN)c2)on1. The van der Waals surface area contributed by atoms with Gasteiger partial charge in [-0.2, -0.15) is 0 Å². The Kier molecular flexibility index (Phi) is 4.62. The van der Waals surface area contributed by atoms with E-state index >= 15 is 0 Å². The molecule has 114 valence electrons. The molecule has 0 fully saturated rings. The lowest BCUT2D eigenvalue weighted by atomic mass is 10.2. The zero-order valence-corrected chi connectivity index (χ0v) is 12.6. The van der Waals surface area contributed by atoms with Crippen molar-refractivity contribution in [3.63, 3.8) is 0 Å². The fraction of sp³-hybridized carbons (Fsp3) is 0.250. The van der Waals surface area contributed by atoms with Crippen LogP contribution >= 0.6 is 11.6 Å². The Morgan fingerprint density at radius 3 is 2.71 bits per heavy atom. The van der Waals surface area contributed by atoms with Gasteiger partial charge >= 0.3 is 0 Å². The molecule has 1 heterocycles. The van der Waals surface area contributed by atoms with Gasteiger partial charge in [0.2, 0.25) is 10.0 Å². The van der Waals surface area contributed by atoms with Crippen molar-refractivity contribution < 1.29 is 17.3 Å². The minimum atomic E-state index is -3.91. The van der Waals surface area contributed by atoms with Crippen LogP contribution in [-0.4, -0.2) is 13.6 Å². The maximum atomic E-state index is 13.6. The normalized spacial score (nSPS) is 11.8. The maximum absolute atomic E-state index is 13.6. The summed E-state index contributed by atoms with van der Waals surface area (Å²) in [5.74, 6) is -0.486. The van der Waals surface area contributed by atoms with Crippen molar-refractivity contribution in [3.8, 4) is 0 Å². The second kappa shape index (κ2) is 6.10. The van der Waals surface area contributed by atoms with Gasteiger partial charge in [-0.1, -0.05) is 16.8 Å². The maximum Gasteiger partial charge on any atom is 0.241 e. The number of sulfonamides is 1. The summed E-state index contributed by atoms with van der Waals surface area (Å²) < 4.78 is 45.0. The largest absolute Gasteiger partial charge is 0.360 e. The smallest absolute Gasteiger partial charge is 0.241 e. The molecule has 0 atom stereocenters.